The fourth-order valence-electron chi connectivity index (χ4n) is 3.07. The summed E-state index contributed by atoms with van der Waals surface area (Å²) >= 11 is 0. The molecule has 7 nitrogen and oxygen atoms in total. The number of likely N-dealkylation sites (tertiary alicyclic amines) is 1. The van der Waals surface area contributed by atoms with Crippen molar-refractivity contribution in [2.24, 2.45) is 0 Å². The Morgan fingerprint density at radius 2 is 1.97 bits per heavy atom. The van der Waals surface area contributed by atoms with Crippen molar-refractivity contribution in [2.75, 3.05) is 26.8 Å². The van der Waals surface area contributed by atoms with Crippen LogP contribution in [0.25, 0.3) is 11.5 Å². The first kappa shape index (κ1) is 19.1. The minimum atomic E-state index is -0.520. The van der Waals surface area contributed by atoms with Crippen molar-refractivity contribution in [3.63, 3.8) is 0 Å². The predicted octanol–water partition coefficient (Wildman–Crippen LogP) is 2.97. The molecule has 0 aliphatic carbocycles. The maximum absolute atomic E-state index is 13.8. The molecule has 1 aliphatic rings. The summed E-state index contributed by atoms with van der Waals surface area (Å²) in [5, 5.41) is 3.95. The van der Waals surface area contributed by atoms with E-state index in [4.69, 9.17) is 14.0 Å². The molecule has 1 aliphatic heterocycles. The zero-order chi connectivity index (χ0) is 20.2. The molecule has 0 atom stereocenters. The van der Waals surface area contributed by atoms with Gasteiger partial charge in [0.25, 0.3) is 11.8 Å². The monoisotopic (exact) mass is 397 g/mol. The molecule has 0 bridgehead atoms. The van der Waals surface area contributed by atoms with Gasteiger partial charge in [0, 0.05) is 13.5 Å². The summed E-state index contributed by atoms with van der Waals surface area (Å²) in [6, 6.07) is 13.3. The van der Waals surface area contributed by atoms with Gasteiger partial charge in [0.2, 0.25) is 0 Å². The van der Waals surface area contributed by atoms with Gasteiger partial charge in [-0.3, -0.25) is 4.79 Å². The van der Waals surface area contributed by atoms with Gasteiger partial charge in [-0.25, -0.2) is 4.39 Å². The standard InChI is InChI=1S/C21H20FN3O4/c1-27-11-10-19-23-20(29-24-19)16-7-3-5-9-18(16)28-14-12-25(13-14)21(26)15-6-2-4-8-17(15)22/h2-9,14H,10-13H2,1H3. The number of rotatable bonds is 7. The molecular formula is C21H20FN3O4. The van der Waals surface area contributed by atoms with Crippen LogP contribution in [-0.2, 0) is 11.2 Å². The van der Waals surface area contributed by atoms with E-state index in [1.54, 1.807) is 24.1 Å². The Morgan fingerprint density at radius 1 is 1.21 bits per heavy atom. The van der Waals surface area contributed by atoms with E-state index < -0.39 is 5.82 Å². The van der Waals surface area contributed by atoms with Gasteiger partial charge in [0.1, 0.15) is 17.7 Å². The highest BCUT2D eigenvalue weighted by Gasteiger charge is 2.34. The summed E-state index contributed by atoms with van der Waals surface area (Å²) in [6.45, 7) is 1.26. The van der Waals surface area contributed by atoms with Gasteiger partial charge >= 0.3 is 0 Å². The minimum Gasteiger partial charge on any atom is -0.486 e. The number of carbonyl (C=O) groups excluding carboxylic acids is 1. The second kappa shape index (κ2) is 8.40. The minimum absolute atomic E-state index is 0.0702. The molecule has 2 heterocycles. The summed E-state index contributed by atoms with van der Waals surface area (Å²) in [5.41, 5.74) is 0.753. The van der Waals surface area contributed by atoms with Crippen molar-refractivity contribution in [1.82, 2.24) is 15.0 Å². The molecule has 150 valence electrons. The Morgan fingerprint density at radius 3 is 2.76 bits per heavy atom. The molecule has 2 aromatic carbocycles. The Kier molecular flexibility index (Phi) is 5.53. The number of nitrogens with zero attached hydrogens (tertiary/aromatic N) is 3. The largest absolute Gasteiger partial charge is 0.486 e. The van der Waals surface area contributed by atoms with Crippen molar-refractivity contribution in [3.05, 3.63) is 65.7 Å². The lowest BCUT2D eigenvalue weighted by Gasteiger charge is -2.39. The molecule has 0 unspecified atom stereocenters. The number of hydrogen-bond acceptors (Lipinski definition) is 6. The Bertz CT molecular complexity index is 1000. The summed E-state index contributed by atoms with van der Waals surface area (Å²) in [4.78, 5) is 18.3. The number of amides is 1. The fourth-order valence-corrected chi connectivity index (χ4v) is 3.07. The summed E-state index contributed by atoms with van der Waals surface area (Å²) in [7, 11) is 1.61. The van der Waals surface area contributed by atoms with E-state index in [-0.39, 0.29) is 17.6 Å². The molecule has 0 saturated carbocycles. The molecular weight excluding hydrogens is 377 g/mol. The van der Waals surface area contributed by atoms with Crippen LogP contribution in [-0.4, -0.2) is 53.9 Å². The van der Waals surface area contributed by atoms with Crippen LogP contribution in [0.1, 0.15) is 16.2 Å². The zero-order valence-electron chi connectivity index (χ0n) is 15.9. The third-order valence-electron chi connectivity index (χ3n) is 4.65. The Balaban J connectivity index is 1.41. The molecule has 0 radical (unpaired) electrons. The van der Waals surface area contributed by atoms with Crippen molar-refractivity contribution in [3.8, 4) is 17.2 Å². The molecule has 0 spiro atoms. The van der Waals surface area contributed by atoms with Crippen molar-refractivity contribution in [1.29, 1.82) is 0 Å². The number of halogens is 1. The third-order valence-corrected chi connectivity index (χ3v) is 4.65. The second-order valence-electron chi connectivity index (χ2n) is 6.68. The maximum Gasteiger partial charge on any atom is 0.261 e. The highest BCUT2D eigenvalue weighted by atomic mass is 19.1. The summed E-state index contributed by atoms with van der Waals surface area (Å²) in [5.74, 6) is 0.661. The number of hydrogen-bond donors (Lipinski definition) is 0. The highest BCUT2D eigenvalue weighted by molar-refractivity contribution is 5.95. The molecule has 3 aromatic rings. The average Bonchev–Trinajstić information content (AvgIpc) is 3.18. The van der Waals surface area contributed by atoms with Gasteiger partial charge in [-0.1, -0.05) is 29.4 Å². The smallest absolute Gasteiger partial charge is 0.261 e. The fraction of sp³-hybridized carbons (Fsp3) is 0.286. The topological polar surface area (TPSA) is 77.7 Å². The van der Waals surface area contributed by atoms with E-state index in [1.807, 2.05) is 24.3 Å². The van der Waals surface area contributed by atoms with Crippen LogP contribution in [0, 0.1) is 5.82 Å². The zero-order valence-corrected chi connectivity index (χ0v) is 15.9. The summed E-state index contributed by atoms with van der Waals surface area (Å²) in [6.07, 6.45) is 0.362. The van der Waals surface area contributed by atoms with Crippen LogP contribution >= 0.6 is 0 Å². The van der Waals surface area contributed by atoms with Crippen LogP contribution in [0.15, 0.2) is 53.1 Å². The normalized spacial score (nSPS) is 13.9. The SMILES string of the molecule is COCCc1noc(-c2ccccc2OC2CN(C(=O)c3ccccc3F)C2)n1. The lowest BCUT2D eigenvalue weighted by molar-refractivity contribution is 0.0176. The number of aromatic nitrogens is 2. The van der Waals surface area contributed by atoms with E-state index in [1.165, 1.54) is 12.1 Å². The van der Waals surface area contributed by atoms with Crippen LogP contribution < -0.4 is 4.74 Å². The Labute approximate surface area is 167 Å². The van der Waals surface area contributed by atoms with E-state index in [0.717, 1.165) is 0 Å². The van der Waals surface area contributed by atoms with E-state index >= 15 is 0 Å². The quantitative estimate of drug-likeness (QED) is 0.610. The lowest BCUT2D eigenvalue weighted by Crippen LogP contribution is -2.56. The van der Waals surface area contributed by atoms with Crippen LogP contribution in [0.4, 0.5) is 4.39 Å². The molecule has 29 heavy (non-hydrogen) atoms. The van der Waals surface area contributed by atoms with Crippen molar-refractivity contribution in [2.45, 2.75) is 12.5 Å². The first-order valence-corrected chi connectivity index (χ1v) is 9.27. The van der Waals surface area contributed by atoms with E-state index in [9.17, 15) is 9.18 Å². The van der Waals surface area contributed by atoms with Gasteiger partial charge in [-0.2, -0.15) is 4.98 Å². The van der Waals surface area contributed by atoms with Gasteiger partial charge in [-0.05, 0) is 24.3 Å². The van der Waals surface area contributed by atoms with E-state index in [0.29, 0.717) is 49.1 Å². The summed E-state index contributed by atoms with van der Waals surface area (Å²) < 4.78 is 30.2. The molecule has 1 saturated heterocycles. The van der Waals surface area contributed by atoms with Crippen LogP contribution in [0.2, 0.25) is 0 Å². The van der Waals surface area contributed by atoms with Crippen molar-refractivity contribution < 1.29 is 23.2 Å². The van der Waals surface area contributed by atoms with Crippen LogP contribution in [0.3, 0.4) is 0 Å². The predicted molar refractivity (Wildman–Crippen MR) is 102 cm³/mol. The number of ether oxygens (including phenoxy) is 2. The van der Waals surface area contributed by atoms with Gasteiger partial charge < -0.3 is 18.9 Å². The van der Waals surface area contributed by atoms with Gasteiger partial charge in [-0.15, -0.1) is 0 Å². The molecule has 4 rings (SSSR count). The maximum atomic E-state index is 13.8. The van der Waals surface area contributed by atoms with Crippen LogP contribution in [0.5, 0.6) is 5.75 Å². The molecule has 8 heteroatoms. The average molecular weight is 397 g/mol. The first-order chi connectivity index (χ1) is 14.2. The number of para-hydroxylation sites is 1. The van der Waals surface area contributed by atoms with Gasteiger partial charge in [0.05, 0.1) is 30.8 Å². The number of methoxy groups -OCH3 is 1. The second-order valence-corrected chi connectivity index (χ2v) is 6.68. The molecule has 1 aromatic heterocycles. The van der Waals surface area contributed by atoms with E-state index in [2.05, 4.69) is 10.1 Å². The third kappa shape index (κ3) is 4.12. The molecule has 0 N–H and O–H groups in total. The molecule has 1 amide bonds. The Hall–Kier alpha value is -3.26. The highest BCUT2D eigenvalue weighted by Crippen LogP contribution is 2.31. The van der Waals surface area contributed by atoms with Gasteiger partial charge in [0.15, 0.2) is 5.82 Å². The lowest BCUT2D eigenvalue weighted by atomic mass is 10.1. The number of benzene rings is 2. The first-order valence-electron chi connectivity index (χ1n) is 9.27. The van der Waals surface area contributed by atoms with Crippen molar-refractivity contribution >= 4 is 5.91 Å². The number of carbonyl (C=O) groups is 1. The molecule has 1 fully saturated rings.